The van der Waals surface area contributed by atoms with Gasteiger partial charge in [0, 0.05) is 65.1 Å². The van der Waals surface area contributed by atoms with Gasteiger partial charge in [0.1, 0.15) is 0 Å². The smallest absolute Gasteiger partial charge is 0.290 e. The van der Waals surface area contributed by atoms with Crippen LogP contribution in [0, 0.1) is 5.92 Å². The lowest BCUT2D eigenvalue weighted by molar-refractivity contribution is -0.128. The van der Waals surface area contributed by atoms with Crippen LogP contribution in [0.25, 0.3) is 0 Å². The number of rotatable bonds is 10. The molecule has 3 N–H and O–H groups in total. The summed E-state index contributed by atoms with van der Waals surface area (Å²) in [6, 6.07) is 6.16. The number of carboxylic acid groups (broad SMARTS) is 1. The van der Waals surface area contributed by atoms with Crippen LogP contribution in [0.1, 0.15) is 83.5 Å². The molecule has 1 unspecified atom stereocenters. The van der Waals surface area contributed by atoms with Crippen molar-refractivity contribution in [1.82, 2.24) is 20.5 Å². The molecule has 2 heterocycles. The van der Waals surface area contributed by atoms with E-state index in [0.717, 1.165) is 32.1 Å². The van der Waals surface area contributed by atoms with Gasteiger partial charge in [0.25, 0.3) is 6.47 Å². The molecule has 2 saturated carbocycles. The minimum absolute atomic E-state index is 0.0232. The van der Waals surface area contributed by atoms with Crippen LogP contribution in [0.4, 0.5) is 0 Å². The van der Waals surface area contributed by atoms with Crippen molar-refractivity contribution < 1.29 is 33.8 Å². The Balaban J connectivity index is 0.000000333. The molecule has 11 heteroatoms. The molecule has 238 valence electrons. The van der Waals surface area contributed by atoms with Gasteiger partial charge in [0.05, 0.1) is 18.6 Å². The standard InChI is InChI=1S/C14H24N2O3.C11H21NO2.C5H5N.CH2O2/c1-16-10-11(9-13(16)17)14(18)15-7-8-19-12-5-3-2-4-6-12;1-14-9-5-8-11(13)12-10-6-3-2-4-7-10;1-2-4-6-5-3-1;2-1-3/h11-12H,2-10H2,1H3,(H,15,18);10H,2-9H2,1H3,(H,12,13);1-5H;1H,(H,2,3). The predicted molar refractivity (Wildman–Crippen MR) is 161 cm³/mol. The first-order valence-corrected chi connectivity index (χ1v) is 15.3. The first-order valence-electron chi connectivity index (χ1n) is 15.3. The van der Waals surface area contributed by atoms with Gasteiger partial charge in [-0.05, 0) is 44.2 Å². The lowest BCUT2D eigenvalue weighted by Gasteiger charge is -2.22. The highest BCUT2D eigenvalue weighted by molar-refractivity contribution is 5.89. The van der Waals surface area contributed by atoms with E-state index in [1.165, 1.54) is 38.5 Å². The zero-order chi connectivity index (χ0) is 30.8. The second-order valence-electron chi connectivity index (χ2n) is 10.7. The van der Waals surface area contributed by atoms with Gasteiger partial charge in [-0.2, -0.15) is 0 Å². The molecule has 0 radical (unpaired) electrons. The van der Waals surface area contributed by atoms with Gasteiger partial charge in [-0.15, -0.1) is 0 Å². The summed E-state index contributed by atoms with van der Waals surface area (Å²) in [6.07, 6.45) is 18.0. The molecule has 1 atom stereocenters. The van der Waals surface area contributed by atoms with Gasteiger partial charge < -0.3 is 30.1 Å². The number of ether oxygens (including phenoxy) is 2. The molecule has 1 saturated heterocycles. The molecule has 3 amide bonds. The van der Waals surface area contributed by atoms with Crippen LogP contribution in [0.3, 0.4) is 0 Å². The van der Waals surface area contributed by atoms with Gasteiger partial charge in [0.2, 0.25) is 17.7 Å². The van der Waals surface area contributed by atoms with Gasteiger partial charge in [-0.3, -0.25) is 24.2 Å². The molecule has 0 bridgehead atoms. The Morgan fingerprint density at radius 1 is 1.02 bits per heavy atom. The third kappa shape index (κ3) is 18.4. The van der Waals surface area contributed by atoms with Gasteiger partial charge in [-0.1, -0.05) is 44.6 Å². The molecule has 2 aliphatic carbocycles. The van der Waals surface area contributed by atoms with E-state index in [0.29, 0.717) is 51.3 Å². The Hall–Kier alpha value is -3.05. The number of methoxy groups -OCH3 is 1. The molecule has 1 aromatic rings. The molecule has 11 nitrogen and oxygen atoms in total. The van der Waals surface area contributed by atoms with E-state index in [1.807, 2.05) is 18.2 Å². The molecule has 3 aliphatic rings. The van der Waals surface area contributed by atoms with Crippen molar-refractivity contribution in [1.29, 1.82) is 0 Å². The monoisotopic (exact) mass is 592 g/mol. The summed E-state index contributed by atoms with van der Waals surface area (Å²) < 4.78 is 10.6. The van der Waals surface area contributed by atoms with Crippen molar-refractivity contribution in [3.05, 3.63) is 30.6 Å². The Kier molecular flexibility index (Phi) is 21.6. The number of amides is 3. The number of likely N-dealkylation sites (tertiary alicyclic amines) is 1. The van der Waals surface area contributed by atoms with Crippen molar-refractivity contribution in [2.45, 2.75) is 95.6 Å². The Morgan fingerprint density at radius 2 is 1.64 bits per heavy atom. The van der Waals surface area contributed by atoms with Gasteiger partial charge in [-0.25, -0.2) is 0 Å². The third-order valence-corrected chi connectivity index (χ3v) is 7.31. The first kappa shape index (κ1) is 37.0. The van der Waals surface area contributed by atoms with E-state index in [-0.39, 0.29) is 30.1 Å². The number of pyridine rings is 1. The molecular weight excluding hydrogens is 540 g/mol. The number of hydrogen-bond donors (Lipinski definition) is 3. The maximum Gasteiger partial charge on any atom is 0.290 e. The molecule has 0 aromatic carbocycles. The number of nitrogens with zero attached hydrogens (tertiary/aromatic N) is 2. The predicted octanol–water partition coefficient (Wildman–Crippen LogP) is 3.57. The summed E-state index contributed by atoms with van der Waals surface area (Å²) in [7, 11) is 3.40. The highest BCUT2D eigenvalue weighted by Gasteiger charge is 2.31. The number of aromatic nitrogens is 1. The molecule has 42 heavy (non-hydrogen) atoms. The van der Waals surface area contributed by atoms with Crippen molar-refractivity contribution in [3.8, 4) is 0 Å². The SMILES string of the molecule is CN1CC(C(=O)NCCOC2CCCCC2)CC1=O.COCCCC(=O)NC1CCCCC1.O=CO.c1ccncc1. The average Bonchev–Trinajstić information content (AvgIpc) is 3.36. The second kappa shape index (κ2) is 24.5. The van der Waals surface area contributed by atoms with Crippen molar-refractivity contribution in [2.24, 2.45) is 5.92 Å². The minimum atomic E-state index is -0.250. The normalized spacial score (nSPS) is 18.7. The average molecular weight is 593 g/mol. The quantitative estimate of drug-likeness (QED) is 0.276. The van der Waals surface area contributed by atoms with Crippen molar-refractivity contribution in [3.63, 3.8) is 0 Å². The van der Waals surface area contributed by atoms with E-state index < -0.39 is 0 Å². The zero-order valence-corrected chi connectivity index (χ0v) is 25.5. The topological polar surface area (TPSA) is 147 Å². The van der Waals surface area contributed by atoms with Crippen molar-refractivity contribution in [2.75, 3.05) is 40.5 Å². The van der Waals surface area contributed by atoms with Crippen LogP contribution in [-0.4, -0.2) is 91.8 Å². The molecule has 3 fully saturated rings. The van der Waals surface area contributed by atoms with Crippen LogP contribution < -0.4 is 10.6 Å². The summed E-state index contributed by atoms with van der Waals surface area (Å²) in [5.74, 6) is 0.0321. The maximum absolute atomic E-state index is 11.8. The molecular formula is C31H52N4O7. The van der Waals surface area contributed by atoms with Crippen molar-refractivity contribution >= 4 is 24.2 Å². The van der Waals surface area contributed by atoms with Crippen LogP contribution >= 0.6 is 0 Å². The Morgan fingerprint density at radius 3 is 2.14 bits per heavy atom. The molecule has 1 aromatic heterocycles. The van der Waals surface area contributed by atoms with E-state index in [9.17, 15) is 14.4 Å². The lowest BCUT2D eigenvalue weighted by atomic mass is 9.95. The lowest BCUT2D eigenvalue weighted by Crippen LogP contribution is -2.36. The second-order valence-corrected chi connectivity index (χ2v) is 10.7. The molecule has 0 spiro atoms. The fraction of sp³-hybridized carbons (Fsp3) is 0.710. The number of nitrogens with one attached hydrogen (secondary N) is 2. The summed E-state index contributed by atoms with van der Waals surface area (Å²) in [5.41, 5.74) is 0. The van der Waals surface area contributed by atoms with E-state index in [2.05, 4.69) is 15.6 Å². The number of carbonyl (C=O) groups excluding carboxylic acids is 3. The zero-order valence-electron chi connectivity index (χ0n) is 25.5. The largest absolute Gasteiger partial charge is 0.483 e. The minimum Gasteiger partial charge on any atom is -0.483 e. The summed E-state index contributed by atoms with van der Waals surface area (Å²) >= 11 is 0. The summed E-state index contributed by atoms with van der Waals surface area (Å²) in [4.78, 5) is 48.4. The summed E-state index contributed by atoms with van der Waals surface area (Å²) in [5, 5.41) is 12.8. The summed E-state index contributed by atoms with van der Waals surface area (Å²) in [6.45, 7) is 2.09. The third-order valence-electron chi connectivity index (χ3n) is 7.31. The Labute approximate surface area is 251 Å². The number of carbonyl (C=O) groups is 4. The Bertz CT molecular complexity index is 820. The maximum atomic E-state index is 11.8. The van der Waals surface area contributed by atoms with Gasteiger partial charge >= 0.3 is 0 Å². The molecule has 4 rings (SSSR count). The highest BCUT2D eigenvalue weighted by atomic mass is 16.5. The highest BCUT2D eigenvalue weighted by Crippen LogP contribution is 2.20. The van der Waals surface area contributed by atoms with Crippen LogP contribution in [-0.2, 0) is 28.7 Å². The number of hydrogen-bond acceptors (Lipinski definition) is 7. The van der Waals surface area contributed by atoms with Gasteiger partial charge in [0.15, 0.2) is 0 Å². The van der Waals surface area contributed by atoms with E-state index >= 15 is 0 Å². The van der Waals surface area contributed by atoms with Crippen LogP contribution in [0.2, 0.25) is 0 Å². The van der Waals surface area contributed by atoms with E-state index in [1.54, 1.807) is 31.5 Å². The van der Waals surface area contributed by atoms with E-state index in [4.69, 9.17) is 19.4 Å². The van der Waals surface area contributed by atoms with Crippen LogP contribution in [0.5, 0.6) is 0 Å². The van der Waals surface area contributed by atoms with Crippen LogP contribution in [0.15, 0.2) is 30.6 Å². The first-order chi connectivity index (χ1) is 20.4. The molecule has 1 aliphatic heterocycles. The fourth-order valence-corrected chi connectivity index (χ4v) is 5.05. The fourth-order valence-electron chi connectivity index (χ4n) is 5.05.